The van der Waals surface area contributed by atoms with E-state index in [2.05, 4.69) is 10.00 Å². The molecule has 1 amide bonds. The number of piperazine rings is 1. The Morgan fingerprint density at radius 3 is 2.58 bits per heavy atom. The molecular formula is C24H24FN5O2S. The Morgan fingerprint density at radius 1 is 1.12 bits per heavy atom. The predicted molar refractivity (Wildman–Crippen MR) is 127 cm³/mol. The first kappa shape index (κ1) is 21.4. The van der Waals surface area contributed by atoms with Gasteiger partial charge in [-0.2, -0.15) is 10.1 Å². The number of benzene rings is 2. The average Bonchev–Trinajstić information content (AvgIpc) is 3.40. The summed E-state index contributed by atoms with van der Waals surface area (Å²) in [5, 5.41) is 5.60. The summed E-state index contributed by atoms with van der Waals surface area (Å²) in [5.41, 5.74) is 3.40. The standard InChI is InChI=1S/C24H24FN5O2S/c1-16-22-23(30(27-16)19-6-8-20(32-2)9-7-19)26-24(33-22)29-12-10-28(11-13-29)21(31)15-17-4-3-5-18(25)14-17/h3-9,14H,10-13,15H2,1-2H3. The lowest BCUT2D eigenvalue weighted by atomic mass is 10.1. The van der Waals surface area contributed by atoms with Crippen LogP contribution >= 0.6 is 11.3 Å². The summed E-state index contributed by atoms with van der Waals surface area (Å²) < 4.78 is 21.6. The number of carbonyl (C=O) groups is 1. The molecule has 4 aromatic rings. The maximum absolute atomic E-state index is 13.4. The number of aryl methyl sites for hydroxylation is 1. The van der Waals surface area contributed by atoms with Gasteiger partial charge in [-0.05, 0) is 48.9 Å². The van der Waals surface area contributed by atoms with Gasteiger partial charge in [0.15, 0.2) is 10.8 Å². The van der Waals surface area contributed by atoms with Crippen LogP contribution in [-0.2, 0) is 11.2 Å². The molecule has 2 aromatic heterocycles. The zero-order valence-corrected chi connectivity index (χ0v) is 19.3. The Hall–Kier alpha value is -3.46. The molecule has 9 heteroatoms. The van der Waals surface area contributed by atoms with Crippen LogP contribution in [0.2, 0.25) is 0 Å². The van der Waals surface area contributed by atoms with Gasteiger partial charge in [-0.1, -0.05) is 23.5 Å². The van der Waals surface area contributed by atoms with E-state index in [1.165, 1.54) is 12.1 Å². The lowest BCUT2D eigenvalue weighted by molar-refractivity contribution is -0.130. The van der Waals surface area contributed by atoms with E-state index >= 15 is 0 Å². The minimum Gasteiger partial charge on any atom is -0.497 e. The molecule has 0 spiro atoms. The van der Waals surface area contributed by atoms with Crippen LogP contribution in [-0.4, -0.2) is 58.9 Å². The molecule has 1 saturated heterocycles. The lowest BCUT2D eigenvalue weighted by Gasteiger charge is -2.34. The summed E-state index contributed by atoms with van der Waals surface area (Å²) in [4.78, 5) is 21.6. The third kappa shape index (κ3) is 4.28. The Balaban J connectivity index is 1.29. The number of fused-ring (bicyclic) bond motifs is 1. The fourth-order valence-corrected chi connectivity index (χ4v) is 5.08. The molecule has 1 fully saturated rings. The van der Waals surface area contributed by atoms with Crippen molar-refractivity contribution in [3.8, 4) is 11.4 Å². The molecule has 0 N–H and O–H groups in total. The summed E-state index contributed by atoms with van der Waals surface area (Å²) in [5.74, 6) is 0.502. The minimum atomic E-state index is -0.315. The van der Waals surface area contributed by atoms with Gasteiger partial charge in [0.25, 0.3) is 0 Å². The Kier molecular flexibility index (Phi) is 5.72. The highest BCUT2D eigenvalue weighted by molar-refractivity contribution is 7.22. The first-order valence-corrected chi connectivity index (χ1v) is 11.6. The number of methoxy groups -OCH3 is 1. The molecule has 0 saturated carbocycles. The predicted octanol–water partition coefficient (Wildman–Crippen LogP) is 3.83. The van der Waals surface area contributed by atoms with Crippen LogP contribution in [0, 0.1) is 12.7 Å². The molecule has 0 atom stereocenters. The summed E-state index contributed by atoms with van der Waals surface area (Å²) in [7, 11) is 1.65. The van der Waals surface area contributed by atoms with Gasteiger partial charge < -0.3 is 14.5 Å². The average molecular weight is 466 g/mol. The molecule has 1 aliphatic heterocycles. The van der Waals surface area contributed by atoms with Gasteiger partial charge >= 0.3 is 0 Å². The van der Waals surface area contributed by atoms with E-state index in [0.717, 1.165) is 32.6 Å². The quantitative estimate of drug-likeness (QED) is 0.448. The fraction of sp³-hybridized carbons (Fsp3) is 0.292. The van der Waals surface area contributed by atoms with E-state index in [9.17, 15) is 9.18 Å². The minimum absolute atomic E-state index is 0.0236. The van der Waals surface area contributed by atoms with Crippen molar-refractivity contribution in [2.75, 3.05) is 38.2 Å². The van der Waals surface area contributed by atoms with E-state index in [1.807, 2.05) is 40.8 Å². The number of ether oxygens (including phenoxy) is 1. The second-order valence-electron chi connectivity index (χ2n) is 8.02. The van der Waals surface area contributed by atoms with Crippen molar-refractivity contribution in [1.29, 1.82) is 0 Å². The number of halogens is 1. The van der Waals surface area contributed by atoms with E-state index in [1.54, 1.807) is 30.6 Å². The zero-order chi connectivity index (χ0) is 22.9. The Bertz CT molecular complexity index is 1290. The number of hydrogen-bond donors (Lipinski definition) is 0. The second-order valence-corrected chi connectivity index (χ2v) is 9.00. The van der Waals surface area contributed by atoms with Gasteiger partial charge in [-0.15, -0.1) is 0 Å². The summed E-state index contributed by atoms with van der Waals surface area (Å²) in [6, 6.07) is 14.0. The summed E-state index contributed by atoms with van der Waals surface area (Å²) in [6.45, 7) is 4.65. The number of carbonyl (C=O) groups excluding carboxylic acids is 1. The molecule has 5 rings (SSSR count). The van der Waals surface area contributed by atoms with Crippen LogP contribution in [0.25, 0.3) is 16.0 Å². The molecule has 0 unspecified atom stereocenters. The largest absolute Gasteiger partial charge is 0.497 e. The van der Waals surface area contributed by atoms with E-state index in [-0.39, 0.29) is 18.1 Å². The fourth-order valence-electron chi connectivity index (χ4n) is 4.04. The second kappa shape index (κ2) is 8.82. The normalized spacial score (nSPS) is 14.2. The van der Waals surface area contributed by atoms with Crippen molar-refractivity contribution in [1.82, 2.24) is 19.7 Å². The Morgan fingerprint density at radius 2 is 1.88 bits per heavy atom. The van der Waals surface area contributed by atoms with Crippen molar-refractivity contribution in [2.24, 2.45) is 0 Å². The Labute approximate surface area is 195 Å². The van der Waals surface area contributed by atoms with Crippen LogP contribution in [0.1, 0.15) is 11.3 Å². The van der Waals surface area contributed by atoms with Gasteiger partial charge in [-0.25, -0.2) is 9.07 Å². The third-order valence-electron chi connectivity index (χ3n) is 5.84. The maximum atomic E-state index is 13.4. The highest BCUT2D eigenvalue weighted by Crippen LogP contribution is 2.33. The molecule has 0 radical (unpaired) electrons. The van der Waals surface area contributed by atoms with E-state index in [4.69, 9.17) is 9.72 Å². The number of anilines is 1. The van der Waals surface area contributed by atoms with Gasteiger partial charge in [0, 0.05) is 26.2 Å². The summed E-state index contributed by atoms with van der Waals surface area (Å²) >= 11 is 1.63. The van der Waals surface area contributed by atoms with Crippen LogP contribution in [0.5, 0.6) is 5.75 Å². The van der Waals surface area contributed by atoms with E-state index in [0.29, 0.717) is 31.7 Å². The van der Waals surface area contributed by atoms with Gasteiger partial charge in [0.05, 0.1) is 29.6 Å². The van der Waals surface area contributed by atoms with E-state index < -0.39 is 0 Å². The van der Waals surface area contributed by atoms with Crippen molar-refractivity contribution in [3.05, 3.63) is 65.6 Å². The number of hydrogen-bond acceptors (Lipinski definition) is 6. The molecular weight excluding hydrogens is 441 g/mol. The molecule has 170 valence electrons. The number of thiazole rings is 1. The molecule has 2 aromatic carbocycles. The van der Waals surface area contributed by atoms with Crippen LogP contribution in [0.4, 0.5) is 9.52 Å². The highest BCUT2D eigenvalue weighted by atomic mass is 32.1. The first-order chi connectivity index (χ1) is 16.0. The SMILES string of the molecule is COc1ccc(-n2nc(C)c3sc(N4CCN(C(=O)Cc5cccc(F)c5)CC4)nc32)cc1. The topological polar surface area (TPSA) is 63.5 Å². The van der Waals surface area contributed by atoms with Crippen molar-refractivity contribution < 1.29 is 13.9 Å². The third-order valence-corrected chi connectivity index (χ3v) is 7.06. The molecule has 3 heterocycles. The number of rotatable bonds is 5. The van der Waals surface area contributed by atoms with Gasteiger partial charge in [0.1, 0.15) is 11.6 Å². The molecule has 0 aliphatic carbocycles. The zero-order valence-electron chi connectivity index (χ0n) is 18.5. The molecule has 33 heavy (non-hydrogen) atoms. The smallest absolute Gasteiger partial charge is 0.227 e. The molecule has 1 aliphatic rings. The number of aromatic nitrogens is 3. The number of nitrogens with zero attached hydrogens (tertiary/aromatic N) is 5. The van der Waals surface area contributed by atoms with Gasteiger partial charge in [-0.3, -0.25) is 4.79 Å². The molecule has 7 nitrogen and oxygen atoms in total. The highest BCUT2D eigenvalue weighted by Gasteiger charge is 2.25. The summed E-state index contributed by atoms with van der Waals surface area (Å²) in [6.07, 6.45) is 0.218. The van der Waals surface area contributed by atoms with Crippen molar-refractivity contribution >= 4 is 32.7 Å². The number of amides is 1. The van der Waals surface area contributed by atoms with Crippen LogP contribution in [0.3, 0.4) is 0 Å². The van der Waals surface area contributed by atoms with Crippen molar-refractivity contribution in [3.63, 3.8) is 0 Å². The maximum Gasteiger partial charge on any atom is 0.227 e. The monoisotopic (exact) mass is 465 g/mol. The van der Waals surface area contributed by atoms with Crippen molar-refractivity contribution in [2.45, 2.75) is 13.3 Å². The first-order valence-electron chi connectivity index (χ1n) is 10.8. The van der Waals surface area contributed by atoms with Crippen LogP contribution in [0.15, 0.2) is 48.5 Å². The molecule has 0 bridgehead atoms. The van der Waals surface area contributed by atoms with Gasteiger partial charge in [0.2, 0.25) is 5.91 Å². The van der Waals surface area contributed by atoms with Crippen LogP contribution < -0.4 is 9.64 Å². The lowest BCUT2D eigenvalue weighted by Crippen LogP contribution is -2.49.